The maximum absolute atomic E-state index is 12.2. The van der Waals surface area contributed by atoms with Gasteiger partial charge in [0.2, 0.25) is 5.91 Å². The van der Waals surface area contributed by atoms with Gasteiger partial charge in [0.1, 0.15) is 11.9 Å². The molecule has 7 nitrogen and oxygen atoms in total. The zero-order chi connectivity index (χ0) is 17.5. The predicted octanol–water partition coefficient (Wildman–Crippen LogP) is 1.80. The van der Waals surface area contributed by atoms with Crippen molar-refractivity contribution in [3.63, 3.8) is 0 Å². The smallest absolute Gasteiger partial charge is 0.328 e. The zero-order valence-corrected chi connectivity index (χ0v) is 15.4. The number of hydrogen-bond donors (Lipinski definition) is 1. The number of ether oxygens (including phenoxy) is 1. The van der Waals surface area contributed by atoms with Gasteiger partial charge in [-0.2, -0.15) is 0 Å². The molecule has 0 spiro atoms. The molecule has 24 heavy (non-hydrogen) atoms. The molecule has 1 aliphatic heterocycles. The van der Waals surface area contributed by atoms with Crippen molar-refractivity contribution in [3.05, 3.63) is 5.82 Å². The van der Waals surface area contributed by atoms with Crippen molar-refractivity contribution in [2.45, 2.75) is 63.7 Å². The Morgan fingerprint density at radius 1 is 1.33 bits per heavy atom. The molecule has 0 aromatic carbocycles. The highest BCUT2D eigenvalue weighted by molar-refractivity contribution is 7.99. The number of carbonyl (C=O) groups is 2. The Morgan fingerprint density at radius 3 is 2.83 bits per heavy atom. The summed E-state index contributed by atoms with van der Waals surface area (Å²) in [5, 5.41) is 12.0. The minimum absolute atomic E-state index is 0.0239. The van der Waals surface area contributed by atoms with Crippen molar-refractivity contribution in [3.8, 4) is 0 Å². The average molecular weight is 354 g/mol. The molecule has 1 amide bonds. The number of fused-ring (bicyclic) bond motifs is 1. The molecule has 1 aliphatic rings. The molecule has 0 unspecified atom stereocenters. The maximum Gasteiger partial charge on any atom is 0.328 e. The van der Waals surface area contributed by atoms with E-state index < -0.39 is 12.0 Å². The van der Waals surface area contributed by atoms with Gasteiger partial charge in [-0.05, 0) is 18.8 Å². The highest BCUT2D eigenvalue weighted by atomic mass is 32.2. The summed E-state index contributed by atoms with van der Waals surface area (Å²) in [6.45, 7) is 4.81. The predicted molar refractivity (Wildman–Crippen MR) is 91.7 cm³/mol. The van der Waals surface area contributed by atoms with Crippen molar-refractivity contribution in [1.29, 1.82) is 0 Å². The van der Waals surface area contributed by atoms with E-state index in [9.17, 15) is 9.59 Å². The lowest BCUT2D eigenvalue weighted by atomic mass is 9.99. The van der Waals surface area contributed by atoms with E-state index in [1.807, 2.05) is 13.8 Å². The Hall–Kier alpha value is -1.57. The first-order chi connectivity index (χ1) is 11.6. The molecule has 0 saturated carbocycles. The van der Waals surface area contributed by atoms with Gasteiger partial charge in [-0.15, -0.1) is 10.2 Å². The van der Waals surface area contributed by atoms with Crippen LogP contribution in [0.25, 0.3) is 0 Å². The van der Waals surface area contributed by atoms with Crippen molar-refractivity contribution in [2.75, 3.05) is 12.9 Å². The van der Waals surface area contributed by atoms with Crippen LogP contribution < -0.4 is 5.32 Å². The number of esters is 1. The second-order valence-electron chi connectivity index (χ2n) is 6.10. The fourth-order valence-corrected chi connectivity index (χ4v) is 3.50. The fraction of sp³-hybridized carbons (Fsp3) is 0.750. The summed E-state index contributed by atoms with van der Waals surface area (Å²) in [6, 6.07) is -0.608. The molecule has 0 bridgehead atoms. The summed E-state index contributed by atoms with van der Waals surface area (Å²) in [6.07, 6.45) is 5.18. The van der Waals surface area contributed by atoms with Crippen LogP contribution in [0.15, 0.2) is 5.16 Å². The van der Waals surface area contributed by atoms with Crippen LogP contribution in [0.2, 0.25) is 0 Å². The minimum Gasteiger partial charge on any atom is -0.467 e. The lowest BCUT2D eigenvalue weighted by Gasteiger charge is -2.21. The van der Waals surface area contributed by atoms with Gasteiger partial charge in [-0.1, -0.05) is 38.5 Å². The van der Waals surface area contributed by atoms with Gasteiger partial charge in [0, 0.05) is 13.0 Å². The van der Waals surface area contributed by atoms with E-state index in [1.54, 1.807) is 0 Å². The third kappa shape index (κ3) is 4.72. The summed E-state index contributed by atoms with van der Waals surface area (Å²) in [5.74, 6) is 0.640. The third-order valence-electron chi connectivity index (χ3n) is 4.39. The Kier molecular flexibility index (Phi) is 7.08. The number of hydrogen-bond acceptors (Lipinski definition) is 6. The zero-order valence-electron chi connectivity index (χ0n) is 14.6. The maximum atomic E-state index is 12.2. The van der Waals surface area contributed by atoms with E-state index in [0.29, 0.717) is 0 Å². The van der Waals surface area contributed by atoms with Crippen LogP contribution in [-0.2, 0) is 27.3 Å². The number of nitrogens with one attached hydrogen (secondary N) is 1. The van der Waals surface area contributed by atoms with Crippen LogP contribution in [0.5, 0.6) is 0 Å². The van der Waals surface area contributed by atoms with Gasteiger partial charge in [-0.3, -0.25) is 4.79 Å². The second kappa shape index (κ2) is 9.05. The van der Waals surface area contributed by atoms with Crippen molar-refractivity contribution >= 4 is 23.6 Å². The number of nitrogens with zero attached hydrogens (tertiary/aromatic N) is 3. The molecule has 2 heterocycles. The van der Waals surface area contributed by atoms with E-state index in [4.69, 9.17) is 4.74 Å². The SMILES string of the molecule is CC[C@@H](C)[C@H](NC(=O)CSc1nnc2n1CCCCC2)C(=O)OC. The van der Waals surface area contributed by atoms with E-state index in [2.05, 4.69) is 20.1 Å². The summed E-state index contributed by atoms with van der Waals surface area (Å²) < 4.78 is 6.90. The van der Waals surface area contributed by atoms with Gasteiger partial charge < -0.3 is 14.6 Å². The molecule has 0 radical (unpaired) electrons. The van der Waals surface area contributed by atoms with E-state index in [0.717, 1.165) is 43.2 Å². The molecule has 8 heteroatoms. The standard InChI is InChI=1S/C16H26N4O3S/c1-4-11(2)14(15(22)23-3)17-13(21)10-24-16-19-18-12-8-6-5-7-9-20(12)16/h11,14H,4-10H2,1-3H3,(H,17,21)/t11-,14+/m1/s1. The second-order valence-corrected chi connectivity index (χ2v) is 7.05. The topological polar surface area (TPSA) is 86.1 Å². The molecule has 134 valence electrons. The Balaban J connectivity index is 1.93. The highest BCUT2D eigenvalue weighted by Crippen LogP contribution is 2.21. The Morgan fingerprint density at radius 2 is 2.12 bits per heavy atom. The molecule has 0 aliphatic carbocycles. The van der Waals surface area contributed by atoms with Gasteiger partial charge in [0.25, 0.3) is 0 Å². The van der Waals surface area contributed by atoms with Crippen LogP contribution in [0, 0.1) is 5.92 Å². The van der Waals surface area contributed by atoms with Crippen LogP contribution in [0.1, 0.15) is 45.4 Å². The molecule has 1 N–H and O–H groups in total. The number of amides is 1. The van der Waals surface area contributed by atoms with Crippen LogP contribution in [0.3, 0.4) is 0 Å². The molecule has 0 saturated heterocycles. The molecule has 2 atom stereocenters. The summed E-state index contributed by atoms with van der Waals surface area (Å²) in [7, 11) is 1.34. The average Bonchev–Trinajstić information content (AvgIpc) is 2.82. The summed E-state index contributed by atoms with van der Waals surface area (Å²) >= 11 is 1.36. The first-order valence-electron chi connectivity index (χ1n) is 8.48. The van der Waals surface area contributed by atoms with E-state index >= 15 is 0 Å². The molecule has 2 rings (SSSR count). The Labute approximate surface area is 146 Å². The largest absolute Gasteiger partial charge is 0.467 e. The lowest BCUT2D eigenvalue weighted by molar-refractivity contribution is -0.146. The Bertz CT molecular complexity index is 576. The number of aryl methyl sites for hydroxylation is 1. The van der Waals surface area contributed by atoms with E-state index in [1.165, 1.54) is 25.3 Å². The number of thioether (sulfide) groups is 1. The van der Waals surface area contributed by atoms with Crippen LogP contribution in [0.4, 0.5) is 0 Å². The monoisotopic (exact) mass is 354 g/mol. The van der Waals surface area contributed by atoms with Crippen LogP contribution in [-0.4, -0.2) is 45.5 Å². The van der Waals surface area contributed by atoms with Crippen molar-refractivity contribution in [1.82, 2.24) is 20.1 Å². The van der Waals surface area contributed by atoms with E-state index in [-0.39, 0.29) is 17.6 Å². The van der Waals surface area contributed by atoms with Gasteiger partial charge in [0.05, 0.1) is 12.9 Å². The van der Waals surface area contributed by atoms with Gasteiger partial charge >= 0.3 is 5.97 Å². The molecule has 1 aromatic heterocycles. The van der Waals surface area contributed by atoms with Gasteiger partial charge in [-0.25, -0.2) is 4.79 Å². The molecule has 0 fully saturated rings. The van der Waals surface area contributed by atoms with Crippen molar-refractivity contribution in [2.24, 2.45) is 5.92 Å². The van der Waals surface area contributed by atoms with Gasteiger partial charge in [0.15, 0.2) is 5.16 Å². The molecular formula is C16H26N4O3S. The van der Waals surface area contributed by atoms with Crippen LogP contribution >= 0.6 is 11.8 Å². The summed E-state index contributed by atoms with van der Waals surface area (Å²) in [5.41, 5.74) is 0. The first kappa shape index (κ1) is 18.8. The van der Waals surface area contributed by atoms with Crippen molar-refractivity contribution < 1.29 is 14.3 Å². The lowest BCUT2D eigenvalue weighted by Crippen LogP contribution is -2.46. The quantitative estimate of drug-likeness (QED) is 0.593. The number of carbonyl (C=O) groups excluding carboxylic acids is 2. The first-order valence-corrected chi connectivity index (χ1v) is 9.47. The normalized spacial score (nSPS) is 16.6. The number of rotatable bonds is 7. The molecular weight excluding hydrogens is 328 g/mol. The third-order valence-corrected chi connectivity index (χ3v) is 5.36. The minimum atomic E-state index is -0.608. The molecule has 1 aromatic rings. The fourth-order valence-electron chi connectivity index (χ4n) is 2.71. The highest BCUT2D eigenvalue weighted by Gasteiger charge is 2.27. The summed E-state index contributed by atoms with van der Waals surface area (Å²) in [4.78, 5) is 24.1. The number of aromatic nitrogens is 3. The number of methoxy groups -OCH3 is 1.